The maximum absolute atomic E-state index is 12.9. The lowest BCUT2D eigenvalue weighted by molar-refractivity contribution is -0.131. The van der Waals surface area contributed by atoms with E-state index < -0.39 is 0 Å². The number of fused-ring (bicyclic) bond motifs is 3. The van der Waals surface area contributed by atoms with E-state index in [1.54, 1.807) is 7.05 Å². The molecule has 0 bridgehead atoms. The summed E-state index contributed by atoms with van der Waals surface area (Å²) >= 11 is 0. The molecule has 0 saturated heterocycles. The number of carbonyl (C=O) groups excluding carboxylic acids is 2. The number of para-hydroxylation sites is 1. The molecular formula is C18H20N4O2. The van der Waals surface area contributed by atoms with Crippen molar-refractivity contribution in [3.05, 3.63) is 35.5 Å². The Morgan fingerprint density at radius 1 is 1.25 bits per heavy atom. The molecule has 0 unspecified atom stereocenters. The minimum atomic E-state index is -0.0637. The molecule has 24 heavy (non-hydrogen) atoms. The molecular weight excluding hydrogens is 304 g/mol. The molecule has 0 saturated carbocycles. The fourth-order valence-electron chi connectivity index (χ4n) is 3.70. The van der Waals surface area contributed by atoms with Gasteiger partial charge < -0.3 is 9.88 Å². The number of aromatic amines is 1. The van der Waals surface area contributed by atoms with Crippen LogP contribution in [0.3, 0.4) is 0 Å². The van der Waals surface area contributed by atoms with Crippen molar-refractivity contribution in [3.8, 4) is 0 Å². The summed E-state index contributed by atoms with van der Waals surface area (Å²) in [6.07, 6.45) is 1.60. The minimum Gasteiger partial charge on any atom is -0.356 e. The van der Waals surface area contributed by atoms with Crippen molar-refractivity contribution in [1.29, 1.82) is 0 Å². The summed E-state index contributed by atoms with van der Waals surface area (Å²) in [5.74, 6) is -0.109. The van der Waals surface area contributed by atoms with Gasteiger partial charge in [0.1, 0.15) is 5.71 Å². The van der Waals surface area contributed by atoms with Crippen LogP contribution in [-0.4, -0.2) is 46.0 Å². The monoisotopic (exact) mass is 324 g/mol. The smallest absolute Gasteiger partial charge is 0.270 e. The van der Waals surface area contributed by atoms with Gasteiger partial charge in [-0.05, 0) is 25.0 Å². The lowest BCUT2D eigenvalue weighted by Crippen LogP contribution is -2.44. The summed E-state index contributed by atoms with van der Waals surface area (Å²) in [6.45, 7) is 2.72. The molecule has 1 atom stereocenters. The Kier molecular flexibility index (Phi) is 3.40. The van der Waals surface area contributed by atoms with E-state index in [4.69, 9.17) is 0 Å². The predicted octanol–water partition coefficient (Wildman–Crippen LogP) is 2.22. The SMILES string of the molecule is C[C@H]1c2[nH]c3ccccc3c2CCN1C(=O)C1=NN(C)C(=O)CC1. The van der Waals surface area contributed by atoms with Gasteiger partial charge in [0.05, 0.1) is 6.04 Å². The predicted molar refractivity (Wildman–Crippen MR) is 91.6 cm³/mol. The fourth-order valence-corrected chi connectivity index (χ4v) is 3.70. The van der Waals surface area contributed by atoms with Crippen LogP contribution in [0.5, 0.6) is 0 Å². The van der Waals surface area contributed by atoms with E-state index in [2.05, 4.69) is 22.2 Å². The fraction of sp³-hybridized carbons (Fsp3) is 0.389. The lowest BCUT2D eigenvalue weighted by Gasteiger charge is -2.34. The summed E-state index contributed by atoms with van der Waals surface area (Å²) in [4.78, 5) is 29.8. The van der Waals surface area contributed by atoms with Crippen LogP contribution in [0.4, 0.5) is 0 Å². The van der Waals surface area contributed by atoms with Crippen molar-refractivity contribution >= 4 is 28.4 Å². The molecule has 6 nitrogen and oxygen atoms in total. The number of carbonyl (C=O) groups is 2. The third-order valence-electron chi connectivity index (χ3n) is 5.05. The first-order chi connectivity index (χ1) is 11.6. The van der Waals surface area contributed by atoms with Crippen molar-refractivity contribution in [1.82, 2.24) is 14.9 Å². The van der Waals surface area contributed by atoms with E-state index in [0.29, 0.717) is 25.1 Å². The van der Waals surface area contributed by atoms with Gasteiger partial charge in [-0.3, -0.25) is 9.59 Å². The first-order valence-corrected chi connectivity index (χ1v) is 8.30. The van der Waals surface area contributed by atoms with E-state index >= 15 is 0 Å². The van der Waals surface area contributed by atoms with Crippen molar-refractivity contribution in [2.24, 2.45) is 5.10 Å². The average Bonchev–Trinajstić information content (AvgIpc) is 2.97. The number of hydrogen-bond acceptors (Lipinski definition) is 3. The first kappa shape index (κ1) is 14.9. The van der Waals surface area contributed by atoms with Gasteiger partial charge in [-0.1, -0.05) is 18.2 Å². The van der Waals surface area contributed by atoms with Crippen molar-refractivity contribution < 1.29 is 9.59 Å². The maximum atomic E-state index is 12.9. The number of nitrogens with zero attached hydrogens (tertiary/aromatic N) is 3. The van der Waals surface area contributed by atoms with Crippen molar-refractivity contribution in [2.75, 3.05) is 13.6 Å². The largest absolute Gasteiger partial charge is 0.356 e. The van der Waals surface area contributed by atoms with E-state index in [1.165, 1.54) is 16.0 Å². The Morgan fingerprint density at radius 3 is 2.83 bits per heavy atom. The van der Waals surface area contributed by atoms with E-state index in [0.717, 1.165) is 17.6 Å². The molecule has 1 N–H and O–H groups in total. The zero-order chi connectivity index (χ0) is 16.8. The Bertz CT molecular complexity index is 867. The number of hydrogen-bond donors (Lipinski definition) is 1. The van der Waals surface area contributed by atoms with Gasteiger partial charge >= 0.3 is 0 Å². The molecule has 2 aromatic rings. The van der Waals surface area contributed by atoms with Crippen LogP contribution in [0.25, 0.3) is 10.9 Å². The molecule has 3 heterocycles. The number of nitrogens with one attached hydrogen (secondary N) is 1. The molecule has 0 aliphatic carbocycles. The molecule has 2 aliphatic heterocycles. The molecule has 0 spiro atoms. The highest BCUT2D eigenvalue weighted by molar-refractivity contribution is 6.39. The molecule has 2 aliphatic rings. The molecule has 124 valence electrons. The van der Waals surface area contributed by atoms with E-state index in [1.807, 2.05) is 24.0 Å². The van der Waals surface area contributed by atoms with Crippen molar-refractivity contribution in [2.45, 2.75) is 32.2 Å². The normalized spacial score (nSPS) is 21.0. The number of rotatable bonds is 1. The van der Waals surface area contributed by atoms with Gasteiger partial charge in [0.25, 0.3) is 5.91 Å². The highest BCUT2D eigenvalue weighted by atomic mass is 16.2. The highest BCUT2D eigenvalue weighted by Crippen LogP contribution is 2.34. The zero-order valence-electron chi connectivity index (χ0n) is 13.9. The van der Waals surface area contributed by atoms with Crippen LogP contribution in [0.2, 0.25) is 0 Å². The third-order valence-corrected chi connectivity index (χ3v) is 5.05. The van der Waals surface area contributed by atoms with Crippen LogP contribution < -0.4 is 0 Å². The summed E-state index contributed by atoms with van der Waals surface area (Å²) in [5, 5.41) is 6.69. The average molecular weight is 324 g/mol. The topological polar surface area (TPSA) is 68.8 Å². The van der Waals surface area contributed by atoms with Gasteiger partial charge in [-0.2, -0.15) is 5.10 Å². The Morgan fingerprint density at radius 2 is 2.04 bits per heavy atom. The number of H-pyrrole nitrogens is 1. The summed E-state index contributed by atoms with van der Waals surface area (Å²) in [5.41, 5.74) is 4.00. The molecule has 4 rings (SSSR count). The van der Waals surface area contributed by atoms with Gasteiger partial charge in [-0.25, -0.2) is 5.01 Å². The zero-order valence-corrected chi connectivity index (χ0v) is 13.9. The molecule has 0 fully saturated rings. The quantitative estimate of drug-likeness (QED) is 0.874. The van der Waals surface area contributed by atoms with Crippen LogP contribution in [0.1, 0.15) is 37.1 Å². The number of benzene rings is 1. The summed E-state index contributed by atoms with van der Waals surface area (Å²) in [7, 11) is 1.60. The molecule has 1 aromatic heterocycles. The second-order valence-corrected chi connectivity index (χ2v) is 6.45. The lowest BCUT2D eigenvalue weighted by atomic mass is 9.97. The maximum Gasteiger partial charge on any atom is 0.270 e. The van der Waals surface area contributed by atoms with Gasteiger partial charge in [0, 0.05) is 43.0 Å². The number of amides is 2. The van der Waals surface area contributed by atoms with Crippen LogP contribution >= 0.6 is 0 Å². The second-order valence-electron chi connectivity index (χ2n) is 6.45. The minimum absolute atomic E-state index is 0.0284. The van der Waals surface area contributed by atoms with Crippen LogP contribution in [0, 0.1) is 0 Å². The molecule has 6 heteroatoms. The summed E-state index contributed by atoms with van der Waals surface area (Å²) < 4.78 is 0. The van der Waals surface area contributed by atoms with Crippen molar-refractivity contribution in [3.63, 3.8) is 0 Å². The van der Waals surface area contributed by atoms with Gasteiger partial charge in [-0.15, -0.1) is 0 Å². The summed E-state index contributed by atoms with van der Waals surface area (Å²) in [6, 6.07) is 8.22. The first-order valence-electron chi connectivity index (χ1n) is 8.30. The third kappa shape index (κ3) is 2.21. The van der Waals surface area contributed by atoms with Crippen LogP contribution in [-0.2, 0) is 16.0 Å². The van der Waals surface area contributed by atoms with Gasteiger partial charge in [0.15, 0.2) is 0 Å². The Balaban J connectivity index is 1.66. The molecule has 2 amide bonds. The number of aromatic nitrogens is 1. The molecule has 1 aromatic carbocycles. The highest BCUT2D eigenvalue weighted by Gasteiger charge is 2.33. The second kappa shape index (κ2) is 5.47. The molecule has 0 radical (unpaired) electrons. The van der Waals surface area contributed by atoms with E-state index in [9.17, 15) is 9.59 Å². The standard InChI is InChI=1S/C18H20N4O2/c1-11-17-13(12-5-3-4-6-14(12)19-17)9-10-22(11)18(24)15-7-8-16(23)21(2)20-15/h3-6,11,19H,7-10H2,1-2H3/t11-/m0/s1. The number of hydrazone groups is 1. The van der Waals surface area contributed by atoms with Crippen LogP contribution in [0.15, 0.2) is 29.4 Å². The Labute approximate surface area is 140 Å². The Hall–Kier alpha value is -2.63. The van der Waals surface area contributed by atoms with Gasteiger partial charge in [0.2, 0.25) is 5.91 Å². The van der Waals surface area contributed by atoms with E-state index in [-0.39, 0.29) is 17.9 Å².